The third kappa shape index (κ3) is 11.9. The first-order valence-electron chi connectivity index (χ1n) is 9.52. The Hall–Kier alpha value is -1.31. The SMILES string of the molecule is CCCCCCCCCCC(=O)CCCCOc1ccccc1. The molecule has 0 radical (unpaired) electrons. The predicted octanol–water partition coefficient (Wildman–Crippen LogP) is 6.34. The summed E-state index contributed by atoms with van der Waals surface area (Å²) >= 11 is 0. The van der Waals surface area contributed by atoms with Crippen molar-refractivity contribution in [1.82, 2.24) is 0 Å². The van der Waals surface area contributed by atoms with Gasteiger partial charge in [0.15, 0.2) is 0 Å². The van der Waals surface area contributed by atoms with E-state index >= 15 is 0 Å². The summed E-state index contributed by atoms with van der Waals surface area (Å²) in [6.45, 7) is 2.95. The first-order valence-corrected chi connectivity index (χ1v) is 9.52. The fourth-order valence-electron chi connectivity index (χ4n) is 2.71. The third-order valence-corrected chi connectivity index (χ3v) is 4.17. The van der Waals surface area contributed by atoms with Crippen LogP contribution < -0.4 is 4.74 Å². The molecule has 2 heteroatoms. The van der Waals surface area contributed by atoms with Crippen LogP contribution in [-0.4, -0.2) is 12.4 Å². The van der Waals surface area contributed by atoms with Gasteiger partial charge in [-0.2, -0.15) is 0 Å². The number of Topliss-reactive ketones (excluding diaryl/α,β-unsaturated/α-hetero) is 1. The maximum atomic E-state index is 11.8. The van der Waals surface area contributed by atoms with Crippen molar-refractivity contribution >= 4 is 5.78 Å². The standard InChI is InChI=1S/C21H34O2/c1-2-3-4-5-6-7-8-10-15-20(22)16-13-14-19-23-21-17-11-9-12-18-21/h9,11-12,17-18H,2-8,10,13-16,19H2,1H3. The van der Waals surface area contributed by atoms with E-state index in [-0.39, 0.29) is 0 Å². The topological polar surface area (TPSA) is 26.3 Å². The van der Waals surface area contributed by atoms with E-state index in [1.165, 1.54) is 44.9 Å². The molecule has 0 unspecified atom stereocenters. The molecule has 0 fully saturated rings. The molecule has 130 valence electrons. The quantitative estimate of drug-likeness (QED) is 0.353. The first-order chi connectivity index (χ1) is 11.3. The molecule has 1 rings (SSSR count). The Morgan fingerprint density at radius 2 is 1.35 bits per heavy atom. The minimum absolute atomic E-state index is 0.427. The second-order valence-electron chi connectivity index (χ2n) is 6.38. The number of carbonyl (C=O) groups excluding carboxylic acids is 1. The van der Waals surface area contributed by atoms with Crippen LogP contribution in [0.25, 0.3) is 0 Å². The molecule has 1 aromatic rings. The lowest BCUT2D eigenvalue weighted by molar-refractivity contribution is -0.119. The molecule has 0 atom stereocenters. The number of ketones is 1. The monoisotopic (exact) mass is 318 g/mol. The maximum absolute atomic E-state index is 11.8. The second-order valence-corrected chi connectivity index (χ2v) is 6.38. The molecule has 0 aliphatic heterocycles. The number of benzene rings is 1. The number of hydrogen-bond acceptors (Lipinski definition) is 2. The molecule has 0 aromatic heterocycles. The molecule has 1 aromatic carbocycles. The van der Waals surface area contributed by atoms with Gasteiger partial charge in [0.1, 0.15) is 11.5 Å². The molecular weight excluding hydrogens is 284 g/mol. The number of carbonyl (C=O) groups is 1. The number of ether oxygens (including phenoxy) is 1. The summed E-state index contributed by atoms with van der Waals surface area (Å²) in [4.78, 5) is 11.8. The number of rotatable bonds is 15. The van der Waals surface area contributed by atoms with Gasteiger partial charge in [0.25, 0.3) is 0 Å². The van der Waals surface area contributed by atoms with Gasteiger partial charge in [0.2, 0.25) is 0 Å². The fourth-order valence-corrected chi connectivity index (χ4v) is 2.71. The van der Waals surface area contributed by atoms with E-state index < -0.39 is 0 Å². The van der Waals surface area contributed by atoms with Crippen LogP contribution in [0.1, 0.15) is 84.0 Å². The highest BCUT2D eigenvalue weighted by Gasteiger charge is 2.02. The van der Waals surface area contributed by atoms with Crippen molar-refractivity contribution in [2.45, 2.75) is 84.0 Å². The lowest BCUT2D eigenvalue weighted by atomic mass is 10.0. The average molecular weight is 319 g/mol. The Morgan fingerprint density at radius 3 is 2.00 bits per heavy atom. The van der Waals surface area contributed by atoms with Gasteiger partial charge >= 0.3 is 0 Å². The van der Waals surface area contributed by atoms with Crippen molar-refractivity contribution in [3.63, 3.8) is 0 Å². The van der Waals surface area contributed by atoms with Gasteiger partial charge in [-0.15, -0.1) is 0 Å². The molecule has 23 heavy (non-hydrogen) atoms. The molecule has 0 N–H and O–H groups in total. The highest BCUT2D eigenvalue weighted by Crippen LogP contribution is 2.12. The Labute approximate surface area is 142 Å². The number of unbranched alkanes of at least 4 members (excludes halogenated alkanes) is 8. The van der Waals surface area contributed by atoms with Crippen molar-refractivity contribution in [3.05, 3.63) is 30.3 Å². The van der Waals surface area contributed by atoms with Crippen LogP contribution in [0.15, 0.2) is 30.3 Å². The summed E-state index contributed by atoms with van der Waals surface area (Å²) in [7, 11) is 0. The summed E-state index contributed by atoms with van der Waals surface area (Å²) < 4.78 is 5.63. The Morgan fingerprint density at radius 1 is 0.783 bits per heavy atom. The van der Waals surface area contributed by atoms with Gasteiger partial charge in [-0.1, -0.05) is 70.1 Å². The van der Waals surface area contributed by atoms with Crippen molar-refractivity contribution in [2.75, 3.05) is 6.61 Å². The molecular formula is C21H34O2. The summed E-state index contributed by atoms with van der Waals surface area (Å²) in [5.74, 6) is 1.34. The summed E-state index contributed by atoms with van der Waals surface area (Å²) in [5.41, 5.74) is 0. The van der Waals surface area contributed by atoms with Gasteiger partial charge in [0.05, 0.1) is 6.61 Å². The van der Waals surface area contributed by atoms with Crippen LogP contribution in [0.3, 0.4) is 0 Å². The van der Waals surface area contributed by atoms with E-state index in [9.17, 15) is 4.79 Å². The van der Waals surface area contributed by atoms with Crippen LogP contribution in [0.4, 0.5) is 0 Å². The molecule has 0 saturated carbocycles. The van der Waals surface area contributed by atoms with Crippen molar-refractivity contribution in [3.8, 4) is 5.75 Å². The van der Waals surface area contributed by atoms with Gasteiger partial charge < -0.3 is 4.74 Å². The molecule has 0 bridgehead atoms. The smallest absolute Gasteiger partial charge is 0.132 e. The zero-order chi connectivity index (χ0) is 16.6. The lowest BCUT2D eigenvalue weighted by Gasteiger charge is -2.05. The maximum Gasteiger partial charge on any atom is 0.132 e. The van der Waals surface area contributed by atoms with Crippen molar-refractivity contribution in [2.24, 2.45) is 0 Å². The molecule has 2 nitrogen and oxygen atoms in total. The zero-order valence-corrected chi connectivity index (χ0v) is 14.9. The normalized spacial score (nSPS) is 10.7. The Bertz CT molecular complexity index is 386. The first kappa shape index (κ1) is 19.7. The third-order valence-electron chi connectivity index (χ3n) is 4.17. The Kier molecular flexibility index (Phi) is 12.3. The molecule has 0 spiro atoms. The van der Waals surface area contributed by atoms with Crippen LogP contribution in [0.2, 0.25) is 0 Å². The van der Waals surface area contributed by atoms with Crippen molar-refractivity contribution in [1.29, 1.82) is 0 Å². The second kappa shape index (κ2) is 14.3. The van der Waals surface area contributed by atoms with Gasteiger partial charge in [-0.05, 0) is 31.4 Å². The fraction of sp³-hybridized carbons (Fsp3) is 0.667. The van der Waals surface area contributed by atoms with Crippen molar-refractivity contribution < 1.29 is 9.53 Å². The zero-order valence-electron chi connectivity index (χ0n) is 14.9. The summed E-state index contributed by atoms with van der Waals surface area (Å²) in [6, 6.07) is 9.86. The highest BCUT2D eigenvalue weighted by atomic mass is 16.5. The Balaban J connectivity index is 1.85. The van der Waals surface area contributed by atoms with Crippen LogP contribution in [0, 0.1) is 0 Å². The lowest BCUT2D eigenvalue weighted by Crippen LogP contribution is -2.01. The molecule has 0 aliphatic carbocycles. The molecule has 0 heterocycles. The molecule has 0 saturated heterocycles. The highest BCUT2D eigenvalue weighted by molar-refractivity contribution is 5.78. The largest absolute Gasteiger partial charge is 0.494 e. The van der Waals surface area contributed by atoms with Gasteiger partial charge in [-0.3, -0.25) is 4.79 Å². The molecule has 0 amide bonds. The van der Waals surface area contributed by atoms with E-state index in [0.29, 0.717) is 18.8 Å². The summed E-state index contributed by atoms with van der Waals surface area (Å²) in [5, 5.41) is 0. The van der Waals surface area contributed by atoms with E-state index in [1.807, 2.05) is 30.3 Å². The number of para-hydroxylation sites is 1. The summed E-state index contributed by atoms with van der Waals surface area (Å²) in [6.07, 6.45) is 13.7. The van der Waals surface area contributed by atoms with Gasteiger partial charge in [0, 0.05) is 12.8 Å². The minimum Gasteiger partial charge on any atom is -0.494 e. The van der Waals surface area contributed by atoms with E-state index in [1.54, 1.807) is 0 Å². The average Bonchev–Trinajstić information content (AvgIpc) is 2.58. The minimum atomic E-state index is 0.427. The van der Waals surface area contributed by atoms with Crippen LogP contribution in [-0.2, 0) is 4.79 Å². The number of hydrogen-bond donors (Lipinski definition) is 0. The van der Waals surface area contributed by atoms with E-state index in [2.05, 4.69) is 6.92 Å². The van der Waals surface area contributed by atoms with Crippen LogP contribution >= 0.6 is 0 Å². The van der Waals surface area contributed by atoms with E-state index in [4.69, 9.17) is 4.74 Å². The van der Waals surface area contributed by atoms with E-state index in [0.717, 1.165) is 31.4 Å². The predicted molar refractivity (Wildman–Crippen MR) is 98.0 cm³/mol. The molecule has 0 aliphatic rings. The van der Waals surface area contributed by atoms with Gasteiger partial charge in [-0.25, -0.2) is 0 Å². The van der Waals surface area contributed by atoms with Crippen LogP contribution in [0.5, 0.6) is 5.75 Å².